The van der Waals surface area contributed by atoms with Crippen LogP contribution < -0.4 is 5.32 Å². The van der Waals surface area contributed by atoms with Crippen molar-refractivity contribution < 1.29 is 5.11 Å². The molecule has 0 unspecified atom stereocenters. The van der Waals surface area contributed by atoms with E-state index in [1.807, 2.05) is 12.1 Å². The second-order valence-corrected chi connectivity index (χ2v) is 4.89. The van der Waals surface area contributed by atoms with E-state index in [2.05, 4.69) is 23.7 Å². The molecule has 15 heavy (non-hydrogen) atoms. The number of piperidine rings is 1. The van der Waals surface area contributed by atoms with Crippen molar-refractivity contribution in [1.82, 2.24) is 5.32 Å². The molecule has 0 spiro atoms. The Labute approximate surface area is 95.1 Å². The van der Waals surface area contributed by atoms with E-state index in [9.17, 15) is 5.11 Å². The highest BCUT2D eigenvalue weighted by Crippen LogP contribution is 2.32. The van der Waals surface area contributed by atoms with Crippen LogP contribution in [0.3, 0.4) is 0 Å². The summed E-state index contributed by atoms with van der Waals surface area (Å²) < 4.78 is 0. The molecule has 2 N–H and O–H groups in total. The fraction of sp³-hybridized carbons (Fsp3) is 0.500. The zero-order chi connectivity index (χ0) is 10.7. The predicted octanol–water partition coefficient (Wildman–Crippen LogP) is 1.98. The second-order valence-electron chi connectivity index (χ2n) is 4.01. The third-order valence-corrected chi connectivity index (χ3v) is 3.76. The summed E-state index contributed by atoms with van der Waals surface area (Å²) in [7, 11) is 0. The molecule has 0 radical (unpaired) electrons. The van der Waals surface area contributed by atoms with Crippen LogP contribution in [0.1, 0.15) is 18.4 Å². The highest BCUT2D eigenvalue weighted by atomic mass is 32.2. The molecule has 0 saturated carbocycles. The van der Waals surface area contributed by atoms with Crippen molar-refractivity contribution in [1.29, 1.82) is 0 Å². The third-order valence-electron chi connectivity index (χ3n) is 3.04. The van der Waals surface area contributed by atoms with E-state index >= 15 is 0 Å². The number of thioether (sulfide) groups is 1. The molecule has 2 nitrogen and oxygen atoms in total. The van der Waals surface area contributed by atoms with Crippen LogP contribution in [0.15, 0.2) is 29.2 Å². The van der Waals surface area contributed by atoms with Crippen molar-refractivity contribution in [3.8, 4) is 0 Å². The van der Waals surface area contributed by atoms with Gasteiger partial charge in [0.1, 0.15) is 0 Å². The van der Waals surface area contributed by atoms with Gasteiger partial charge in [0, 0.05) is 4.90 Å². The first-order valence-electron chi connectivity index (χ1n) is 5.32. The summed E-state index contributed by atoms with van der Waals surface area (Å²) in [5.41, 5.74) is 0.452. The molecular weight excluding hydrogens is 206 g/mol. The average Bonchev–Trinajstić information content (AvgIpc) is 2.30. The molecule has 0 atom stereocenters. The Morgan fingerprint density at radius 3 is 2.73 bits per heavy atom. The molecule has 1 saturated heterocycles. The molecular formula is C12H17NOS. The van der Waals surface area contributed by atoms with Crippen LogP contribution in [0.5, 0.6) is 0 Å². The van der Waals surface area contributed by atoms with Crippen molar-refractivity contribution in [3.05, 3.63) is 29.8 Å². The number of rotatable bonds is 2. The van der Waals surface area contributed by atoms with Crippen LogP contribution in [0.25, 0.3) is 0 Å². The smallest absolute Gasteiger partial charge is 0.0921 e. The summed E-state index contributed by atoms with van der Waals surface area (Å²) in [6, 6.07) is 8.25. The molecule has 0 aromatic heterocycles. The van der Waals surface area contributed by atoms with Crippen molar-refractivity contribution in [3.63, 3.8) is 0 Å². The van der Waals surface area contributed by atoms with Crippen molar-refractivity contribution in [2.24, 2.45) is 0 Å². The van der Waals surface area contributed by atoms with E-state index in [1.165, 1.54) is 4.90 Å². The predicted molar refractivity (Wildman–Crippen MR) is 64.2 cm³/mol. The van der Waals surface area contributed by atoms with Crippen LogP contribution in [-0.2, 0) is 5.60 Å². The summed E-state index contributed by atoms with van der Waals surface area (Å²) in [5, 5.41) is 13.8. The summed E-state index contributed by atoms with van der Waals surface area (Å²) in [4.78, 5) is 1.22. The van der Waals surface area contributed by atoms with Gasteiger partial charge in [0.2, 0.25) is 0 Å². The molecule has 1 aliphatic heterocycles. The second kappa shape index (κ2) is 4.56. The van der Waals surface area contributed by atoms with Crippen LogP contribution in [0.4, 0.5) is 0 Å². The molecule has 1 aliphatic rings. The molecule has 1 aromatic carbocycles. The summed E-state index contributed by atoms with van der Waals surface area (Å²) in [6.07, 6.45) is 3.68. The van der Waals surface area contributed by atoms with Gasteiger partial charge in [-0.2, -0.15) is 0 Å². The van der Waals surface area contributed by atoms with Crippen LogP contribution in [0, 0.1) is 0 Å². The molecule has 0 amide bonds. The third kappa shape index (κ3) is 2.36. The molecule has 1 fully saturated rings. The average molecular weight is 223 g/mol. The normalized spacial score (nSPS) is 20.1. The number of aliphatic hydroxyl groups is 1. The van der Waals surface area contributed by atoms with Crippen molar-refractivity contribution in [2.75, 3.05) is 19.3 Å². The van der Waals surface area contributed by atoms with Gasteiger partial charge in [-0.25, -0.2) is 0 Å². The van der Waals surface area contributed by atoms with E-state index in [0.29, 0.717) is 0 Å². The van der Waals surface area contributed by atoms with E-state index in [1.54, 1.807) is 11.8 Å². The zero-order valence-electron chi connectivity index (χ0n) is 8.99. The van der Waals surface area contributed by atoms with Gasteiger partial charge in [0.15, 0.2) is 0 Å². The monoisotopic (exact) mass is 223 g/mol. The zero-order valence-corrected chi connectivity index (χ0v) is 9.81. The van der Waals surface area contributed by atoms with E-state index in [4.69, 9.17) is 0 Å². The molecule has 82 valence electrons. The minimum absolute atomic E-state index is 0.614. The molecule has 3 heteroatoms. The van der Waals surface area contributed by atoms with Crippen LogP contribution in [0.2, 0.25) is 0 Å². The SMILES string of the molecule is CSc1cccc(C2(O)CCNCC2)c1. The van der Waals surface area contributed by atoms with E-state index in [-0.39, 0.29) is 0 Å². The molecule has 1 heterocycles. The first kappa shape index (κ1) is 11.0. The topological polar surface area (TPSA) is 32.3 Å². The van der Waals surface area contributed by atoms with Crippen LogP contribution in [-0.4, -0.2) is 24.5 Å². The molecule has 2 rings (SSSR count). The standard InChI is InChI=1S/C12H17NOS/c1-15-11-4-2-3-10(9-11)12(14)5-7-13-8-6-12/h2-4,9,13-14H,5-8H2,1H3. The Balaban J connectivity index is 2.26. The Bertz CT molecular complexity index is 334. The fourth-order valence-electron chi connectivity index (χ4n) is 2.04. The fourth-order valence-corrected chi connectivity index (χ4v) is 2.50. The lowest BCUT2D eigenvalue weighted by Crippen LogP contribution is -2.39. The maximum Gasteiger partial charge on any atom is 0.0921 e. The van der Waals surface area contributed by atoms with Gasteiger partial charge < -0.3 is 10.4 Å². The largest absolute Gasteiger partial charge is 0.385 e. The Hall–Kier alpha value is -0.510. The van der Waals surface area contributed by atoms with Gasteiger partial charge in [-0.1, -0.05) is 12.1 Å². The lowest BCUT2D eigenvalue weighted by molar-refractivity contribution is 0.00576. The highest BCUT2D eigenvalue weighted by molar-refractivity contribution is 7.98. The van der Waals surface area contributed by atoms with Crippen molar-refractivity contribution >= 4 is 11.8 Å². The Kier molecular flexibility index (Phi) is 3.34. The van der Waals surface area contributed by atoms with E-state index < -0.39 is 5.60 Å². The Morgan fingerprint density at radius 2 is 2.07 bits per heavy atom. The summed E-state index contributed by atoms with van der Waals surface area (Å²) in [5.74, 6) is 0. The maximum atomic E-state index is 10.5. The van der Waals surface area contributed by atoms with Gasteiger partial charge in [0.05, 0.1) is 5.60 Å². The Morgan fingerprint density at radius 1 is 1.33 bits per heavy atom. The first-order valence-corrected chi connectivity index (χ1v) is 6.55. The summed E-state index contributed by atoms with van der Waals surface area (Å²) in [6.45, 7) is 1.81. The molecule has 0 aliphatic carbocycles. The molecule has 1 aromatic rings. The van der Waals surface area contributed by atoms with Gasteiger partial charge in [-0.05, 0) is 49.9 Å². The van der Waals surface area contributed by atoms with E-state index in [0.717, 1.165) is 31.5 Å². The minimum Gasteiger partial charge on any atom is -0.385 e. The number of nitrogens with one attached hydrogen (secondary N) is 1. The summed E-state index contributed by atoms with van der Waals surface area (Å²) >= 11 is 1.72. The van der Waals surface area contributed by atoms with Gasteiger partial charge in [0.25, 0.3) is 0 Å². The lowest BCUT2D eigenvalue weighted by atomic mass is 9.85. The van der Waals surface area contributed by atoms with Gasteiger partial charge in [-0.15, -0.1) is 11.8 Å². The first-order chi connectivity index (χ1) is 7.24. The molecule has 0 bridgehead atoms. The number of benzene rings is 1. The highest BCUT2D eigenvalue weighted by Gasteiger charge is 2.30. The number of hydrogen-bond donors (Lipinski definition) is 2. The van der Waals surface area contributed by atoms with Crippen molar-refractivity contribution in [2.45, 2.75) is 23.3 Å². The minimum atomic E-state index is -0.614. The van der Waals surface area contributed by atoms with Crippen LogP contribution >= 0.6 is 11.8 Å². The quantitative estimate of drug-likeness (QED) is 0.752. The van der Waals surface area contributed by atoms with Gasteiger partial charge >= 0.3 is 0 Å². The lowest BCUT2D eigenvalue weighted by Gasteiger charge is -2.33. The van der Waals surface area contributed by atoms with Gasteiger partial charge in [-0.3, -0.25) is 0 Å². The maximum absolute atomic E-state index is 10.5. The number of hydrogen-bond acceptors (Lipinski definition) is 3.